The second-order valence-corrected chi connectivity index (χ2v) is 4.12. The number of nitriles is 1. The molecule has 0 N–H and O–H groups in total. The molecule has 0 atom stereocenters. The van der Waals surface area contributed by atoms with Gasteiger partial charge in [0.15, 0.2) is 5.69 Å². The SMILES string of the molecule is Cn1nc(C(F)(F)F)c(C#N)c1Oc1cccc([N+](=O)[O-])c1. The van der Waals surface area contributed by atoms with Crippen molar-refractivity contribution in [3.05, 3.63) is 45.6 Å². The fourth-order valence-corrected chi connectivity index (χ4v) is 1.70. The van der Waals surface area contributed by atoms with E-state index in [1.165, 1.54) is 31.3 Å². The van der Waals surface area contributed by atoms with E-state index in [2.05, 4.69) is 5.10 Å². The summed E-state index contributed by atoms with van der Waals surface area (Å²) in [6.07, 6.45) is -4.81. The number of nitrogens with zero attached hydrogens (tertiary/aromatic N) is 4. The van der Waals surface area contributed by atoms with Gasteiger partial charge in [0.05, 0.1) is 11.0 Å². The standard InChI is InChI=1S/C12H7F3N4O3/c1-18-11(9(6-16)10(17-18)12(13,14)15)22-8-4-2-3-7(5-8)19(20)21/h2-5H,1H3. The second-order valence-electron chi connectivity index (χ2n) is 4.12. The molecule has 2 aromatic rings. The minimum atomic E-state index is -4.81. The number of hydrogen-bond donors (Lipinski definition) is 0. The zero-order valence-electron chi connectivity index (χ0n) is 11.0. The first-order valence-electron chi connectivity index (χ1n) is 5.70. The Balaban J connectivity index is 2.47. The number of rotatable bonds is 3. The number of ether oxygens (including phenoxy) is 1. The summed E-state index contributed by atoms with van der Waals surface area (Å²) >= 11 is 0. The number of non-ortho nitro benzene ring substituents is 1. The minimum absolute atomic E-state index is 0.0811. The predicted octanol–water partition coefficient (Wildman–Crippen LogP) is 3.01. The number of benzene rings is 1. The molecule has 0 amide bonds. The Labute approximate surface area is 121 Å². The third kappa shape index (κ3) is 2.83. The fourth-order valence-electron chi connectivity index (χ4n) is 1.70. The molecule has 0 unspecified atom stereocenters. The van der Waals surface area contributed by atoms with E-state index in [9.17, 15) is 23.3 Å². The van der Waals surface area contributed by atoms with Crippen molar-refractivity contribution in [2.75, 3.05) is 0 Å². The molecule has 0 aliphatic rings. The summed E-state index contributed by atoms with van der Waals surface area (Å²) in [5.74, 6) is -0.530. The first-order valence-corrected chi connectivity index (χ1v) is 5.70. The molecule has 0 aliphatic carbocycles. The first kappa shape index (κ1) is 15.3. The molecule has 0 fully saturated rings. The summed E-state index contributed by atoms with van der Waals surface area (Å²) in [6.45, 7) is 0. The largest absolute Gasteiger partial charge is 0.438 e. The summed E-state index contributed by atoms with van der Waals surface area (Å²) in [6, 6.07) is 6.23. The fraction of sp³-hybridized carbons (Fsp3) is 0.167. The van der Waals surface area contributed by atoms with E-state index in [4.69, 9.17) is 10.00 Å². The van der Waals surface area contributed by atoms with Gasteiger partial charge in [-0.15, -0.1) is 0 Å². The van der Waals surface area contributed by atoms with Gasteiger partial charge >= 0.3 is 6.18 Å². The van der Waals surface area contributed by atoms with Crippen molar-refractivity contribution in [2.24, 2.45) is 7.05 Å². The molecule has 1 aromatic heterocycles. The van der Waals surface area contributed by atoms with Crippen LogP contribution in [0, 0.1) is 21.4 Å². The Hall–Kier alpha value is -3.09. The zero-order chi connectivity index (χ0) is 16.5. The van der Waals surface area contributed by atoms with Crippen molar-refractivity contribution in [1.82, 2.24) is 9.78 Å². The van der Waals surface area contributed by atoms with Crippen molar-refractivity contribution in [3.63, 3.8) is 0 Å². The number of nitro groups is 1. The zero-order valence-corrected chi connectivity index (χ0v) is 11.0. The maximum atomic E-state index is 12.8. The summed E-state index contributed by atoms with van der Waals surface area (Å²) in [4.78, 5) is 9.98. The van der Waals surface area contributed by atoms with Crippen molar-refractivity contribution in [1.29, 1.82) is 5.26 Å². The van der Waals surface area contributed by atoms with Crippen LogP contribution in [0.1, 0.15) is 11.3 Å². The summed E-state index contributed by atoms with van der Waals surface area (Å²) < 4.78 is 44.2. The lowest BCUT2D eigenvalue weighted by atomic mass is 10.2. The van der Waals surface area contributed by atoms with Crippen LogP contribution in [0.4, 0.5) is 18.9 Å². The van der Waals surface area contributed by atoms with Crippen LogP contribution < -0.4 is 4.74 Å². The monoisotopic (exact) mass is 312 g/mol. The maximum Gasteiger partial charge on any atom is 0.436 e. The number of hydrogen-bond acceptors (Lipinski definition) is 5. The van der Waals surface area contributed by atoms with Gasteiger partial charge in [-0.3, -0.25) is 10.1 Å². The Morgan fingerprint density at radius 3 is 2.68 bits per heavy atom. The molecule has 114 valence electrons. The highest BCUT2D eigenvalue weighted by molar-refractivity contribution is 5.47. The van der Waals surface area contributed by atoms with Gasteiger partial charge in [-0.05, 0) is 6.07 Å². The molecule has 7 nitrogen and oxygen atoms in total. The van der Waals surface area contributed by atoms with Crippen molar-refractivity contribution in [2.45, 2.75) is 6.18 Å². The molecule has 10 heteroatoms. The van der Waals surface area contributed by atoms with Crippen molar-refractivity contribution in [3.8, 4) is 17.7 Å². The van der Waals surface area contributed by atoms with Crippen LogP contribution in [-0.2, 0) is 13.2 Å². The van der Waals surface area contributed by atoms with Crippen LogP contribution in [-0.4, -0.2) is 14.7 Å². The van der Waals surface area contributed by atoms with Crippen LogP contribution in [0.3, 0.4) is 0 Å². The van der Waals surface area contributed by atoms with E-state index in [0.29, 0.717) is 0 Å². The highest BCUT2D eigenvalue weighted by Crippen LogP contribution is 2.36. The quantitative estimate of drug-likeness (QED) is 0.641. The lowest BCUT2D eigenvalue weighted by molar-refractivity contribution is -0.384. The average Bonchev–Trinajstić information content (AvgIpc) is 2.76. The van der Waals surface area contributed by atoms with Crippen molar-refractivity contribution < 1.29 is 22.8 Å². The van der Waals surface area contributed by atoms with Gasteiger partial charge < -0.3 is 4.74 Å². The molecular formula is C12H7F3N4O3. The van der Waals surface area contributed by atoms with Crippen LogP contribution in [0.5, 0.6) is 11.6 Å². The maximum absolute atomic E-state index is 12.8. The van der Waals surface area contributed by atoms with E-state index in [1.54, 1.807) is 0 Å². The molecule has 0 radical (unpaired) electrons. The average molecular weight is 312 g/mol. The Kier molecular flexibility index (Phi) is 3.73. The van der Waals surface area contributed by atoms with Gasteiger partial charge in [0.1, 0.15) is 17.4 Å². The number of halogens is 3. The number of aromatic nitrogens is 2. The van der Waals surface area contributed by atoms with Gasteiger partial charge in [0.25, 0.3) is 5.69 Å². The molecule has 2 rings (SSSR count). The van der Waals surface area contributed by atoms with Crippen LogP contribution in [0.25, 0.3) is 0 Å². The lowest BCUT2D eigenvalue weighted by Gasteiger charge is -2.06. The Morgan fingerprint density at radius 1 is 1.45 bits per heavy atom. The van der Waals surface area contributed by atoms with Crippen molar-refractivity contribution >= 4 is 5.69 Å². The molecule has 0 aliphatic heterocycles. The van der Waals surface area contributed by atoms with E-state index >= 15 is 0 Å². The lowest BCUT2D eigenvalue weighted by Crippen LogP contribution is -2.08. The molecule has 0 saturated carbocycles. The number of aryl methyl sites for hydroxylation is 1. The molecule has 0 spiro atoms. The topological polar surface area (TPSA) is 94.0 Å². The molecule has 1 aromatic carbocycles. The highest BCUT2D eigenvalue weighted by Gasteiger charge is 2.40. The summed E-state index contributed by atoms with van der Waals surface area (Å²) in [5, 5.41) is 22.8. The molecule has 22 heavy (non-hydrogen) atoms. The molecule has 1 heterocycles. The molecule has 0 bridgehead atoms. The van der Waals surface area contributed by atoms with Gasteiger partial charge in [0, 0.05) is 13.1 Å². The number of alkyl halides is 3. The normalized spacial score (nSPS) is 11.0. The van der Waals surface area contributed by atoms with Gasteiger partial charge in [0.2, 0.25) is 5.88 Å². The van der Waals surface area contributed by atoms with E-state index in [0.717, 1.165) is 10.7 Å². The van der Waals surface area contributed by atoms with E-state index in [-0.39, 0.29) is 11.4 Å². The Morgan fingerprint density at radius 2 is 2.14 bits per heavy atom. The van der Waals surface area contributed by atoms with Gasteiger partial charge in [-0.2, -0.15) is 23.5 Å². The molecule has 0 saturated heterocycles. The van der Waals surface area contributed by atoms with E-state index < -0.39 is 28.2 Å². The number of nitro benzene ring substituents is 1. The summed E-state index contributed by atoms with van der Waals surface area (Å²) in [7, 11) is 1.17. The predicted molar refractivity (Wildman–Crippen MR) is 66.1 cm³/mol. The third-order valence-corrected chi connectivity index (χ3v) is 2.62. The van der Waals surface area contributed by atoms with Crippen LogP contribution >= 0.6 is 0 Å². The highest BCUT2D eigenvalue weighted by atomic mass is 19.4. The minimum Gasteiger partial charge on any atom is -0.438 e. The smallest absolute Gasteiger partial charge is 0.436 e. The van der Waals surface area contributed by atoms with Crippen LogP contribution in [0.2, 0.25) is 0 Å². The molecular weight excluding hydrogens is 305 g/mol. The van der Waals surface area contributed by atoms with E-state index in [1.807, 2.05) is 0 Å². The second kappa shape index (κ2) is 5.36. The van der Waals surface area contributed by atoms with Gasteiger partial charge in [-0.25, -0.2) is 4.68 Å². The third-order valence-electron chi connectivity index (χ3n) is 2.62. The van der Waals surface area contributed by atoms with Crippen LogP contribution in [0.15, 0.2) is 24.3 Å². The Bertz CT molecular complexity index is 777. The van der Waals surface area contributed by atoms with Gasteiger partial charge in [-0.1, -0.05) is 6.07 Å². The summed E-state index contributed by atoms with van der Waals surface area (Å²) in [5.41, 5.74) is -2.46. The first-order chi connectivity index (χ1) is 10.2.